The predicted molar refractivity (Wildman–Crippen MR) is 91.1 cm³/mol. The van der Waals surface area contributed by atoms with Crippen LogP contribution >= 0.6 is 0 Å². The Morgan fingerprint density at radius 1 is 1.29 bits per heavy atom. The first-order valence-corrected chi connectivity index (χ1v) is 8.79. The van der Waals surface area contributed by atoms with Crippen molar-refractivity contribution in [3.8, 4) is 5.69 Å². The van der Waals surface area contributed by atoms with Crippen LogP contribution in [-0.4, -0.2) is 51.2 Å². The molecule has 0 bridgehead atoms. The van der Waals surface area contributed by atoms with Gasteiger partial charge in [0.1, 0.15) is 12.2 Å². The van der Waals surface area contributed by atoms with Crippen molar-refractivity contribution >= 4 is 5.91 Å². The smallest absolute Gasteiger partial charge is 0.237 e. The molecule has 6 nitrogen and oxygen atoms in total. The lowest BCUT2D eigenvalue weighted by molar-refractivity contribution is -0.128. The fraction of sp³-hybridized carbons (Fsp3) is 0.500. The molecule has 1 aromatic carbocycles. The Morgan fingerprint density at radius 3 is 3.04 bits per heavy atom. The molecule has 4 rings (SSSR count). The van der Waals surface area contributed by atoms with Gasteiger partial charge in [0.05, 0.1) is 11.7 Å². The van der Waals surface area contributed by atoms with Crippen LogP contribution in [-0.2, 0) is 24.1 Å². The van der Waals surface area contributed by atoms with E-state index in [1.54, 1.807) is 6.33 Å². The molecule has 1 aromatic heterocycles. The standard InChI is InChI=1S/C18H23N5O/c1-2-22-9-8-19-18(24)16(22)11-17-20-12-21-23(17)15-7-6-13-4-3-5-14(13)10-15/h6-7,10,12,16H,2-5,8-9,11H2,1H3,(H,19,24). The molecular weight excluding hydrogens is 302 g/mol. The van der Waals surface area contributed by atoms with Crippen molar-refractivity contribution in [2.24, 2.45) is 0 Å². The summed E-state index contributed by atoms with van der Waals surface area (Å²) < 4.78 is 1.88. The molecule has 2 aromatic rings. The summed E-state index contributed by atoms with van der Waals surface area (Å²) in [5.41, 5.74) is 3.91. The molecule has 1 fully saturated rings. The first-order valence-electron chi connectivity index (χ1n) is 8.79. The van der Waals surface area contributed by atoms with Gasteiger partial charge >= 0.3 is 0 Å². The van der Waals surface area contributed by atoms with Crippen LogP contribution in [0.3, 0.4) is 0 Å². The van der Waals surface area contributed by atoms with Gasteiger partial charge in [0.25, 0.3) is 0 Å². The molecule has 6 heteroatoms. The van der Waals surface area contributed by atoms with E-state index in [-0.39, 0.29) is 11.9 Å². The molecule has 1 aliphatic heterocycles. The molecule has 24 heavy (non-hydrogen) atoms. The van der Waals surface area contributed by atoms with E-state index < -0.39 is 0 Å². The Morgan fingerprint density at radius 2 is 2.17 bits per heavy atom. The summed E-state index contributed by atoms with van der Waals surface area (Å²) in [7, 11) is 0. The molecule has 0 saturated carbocycles. The van der Waals surface area contributed by atoms with Crippen LogP contribution in [0.25, 0.3) is 5.69 Å². The highest BCUT2D eigenvalue weighted by molar-refractivity contribution is 5.82. The van der Waals surface area contributed by atoms with E-state index in [0.29, 0.717) is 6.42 Å². The third-order valence-electron chi connectivity index (χ3n) is 5.17. The van der Waals surface area contributed by atoms with Gasteiger partial charge in [-0.1, -0.05) is 13.0 Å². The van der Waals surface area contributed by atoms with Gasteiger partial charge in [0.2, 0.25) is 5.91 Å². The van der Waals surface area contributed by atoms with Crippen molar-refractivity contribution in [3.63, 3.8) is 0 Å². The van der Waals surface area contributed by atoms with E-state index in [1.807, 2.05) is 4.68 Å². The molecule has 0 radical (unpaired) electrons. The quantitative estimate of drug-likeness (QED) is 0.915. The monoisotopic (exact) mass is 325 g/mol. The minimum Gasteiger partial charge on any atom is -0.353 e. The van der Waals surface area contributed by atoms with Gasteiger partial charge in [0.15, 0.2) is 0 Å². The molecule has 1 saturated heterocycles. The zero-order valence-electron chi connectivity index (χ0n) is 14.0. The third kappa shape index (κ3) is 2.71. The van der Waals surface area contributed by atoms with E-state index in [0.717, 1.165) is 37.6 Å². The van der Waals surface area contributed by atoms with Crippen molar-refractivity contribution in [1.29, 1.82) is 0 Å². The van der Waals surface area contributed by atoms with E-state index in [1.165, 1.54) is 24.0 Å². The molecule has 2 heterocycles. The molecule has 1 atom stereocenters. The lowest BCUT2D eigenvalue weighted by Crippen LogP contribution is -2.56. The lowest BCUT2D eigenvalue weighted by atomic mass is 10.1. The number of likely N-dealkylation sites (N-methyl/N-ethyl adjacent to an activating group) is 1. The number of piperazine rings is 1. The van der Waals surface area contributed by atoms with Crippen LogP contribution < -0.4 is 5.32 Å². The average molecular weight is 325 g/mol. The highest BCUT2D eigenvalue weighted by Crippen LogP contribution is 2.24. The number of hydrogen-bond acceptors (Lipinski definition) is 4. The molecule has 0 spiro atoms. The summed E-state index contributed by atoms with van der Waals surface area (Å²) in [5.74, 6) is 0.931. The summed E-state index contributed by atoms with van der Waals surface area (Å²) in [6.45, 7) is 4.57. The largest absolute Gasteiger partial charge is 0.353 e. The molecule has 2 aliphatic rings. The summed E-state index contributed by atoms with van der Waals surface area (Å²) in [6.07, 6.45) is 5.71. The Kier molecular flexibility index (Phi) is 4.06. The van der Waals surface area contributed by atoms with Crippen LogP contribution in [0.5, 0.6) is 0 Å². The minimum atomic E-state index is -0.166. The van der Waals surface area contributed by atoms with Crippen molar-refractivity contribution < 1.29 is 4.79 Å². The molecule has 1 aliphatic carbocycles. The number of amides is 1. The second-order valence-corrected chi connectivity index (χ2v) is 6.53. The van der Waals surface area contributed by atoms with Crippen LogP contribution in [0.1, 0.15) is 30.3 Å². The Bertz CT molecular complexity index is 754. The van der Waals surface area contributed by atoms with Gasteiger partial charge in [0, 0.05) is 19.5 Å². The van der Waals surface area contributed by atoms with E-state index >= 15 is 0 Å². The zero-order valence-corrected chi connectivity index (χ0v) is 14.0. The fourth-order valence-electron chi connectivity index (χ4n) is 3.85. The molecule has 1 amide bonds. The number of carbonyl (C=O) groups excluding carboxylic acids is 1. The summed E-state index contributed by atoms with van der Waals surface area (Å²) in [6, 6.07) is 6.37. The molecule has 1 unspecified atom stereocenters. The highest BCUT2D eigenvalue weighted by Gasteiger charge is 2.30. The first kappa shape index (κ1) is 15.3. The number of nitrogens with zero attached hydrogens (tertiary/aromatic N) is 4. The number of fused-ring (bicyclic) bond motifs is 1. The maximum absolute atomic E-state index is 12.3. The summed E-state index contributed by atoms with van der Waals surface area (Å²) in [4.78, 5) is 18.9. The van der Waals surface area contributed by atoms with Gasteiger partial charge in [-0.15, -0.1) is 0 Å². The predicted octanol–water partition coefficient (Wildman–Crippen LogP) is 1.12. The van der Waals surface area contributed by atoms with Crippen LogP contribution in [0, 0.1) is 0 Å². The van der Waals surface area contributed by atoms with Gasteiger partial charge in [-0.25, -0.2) is 9.67 Å². The maximum Gasteiger partial charge on any atom is 0.237 e. The minimum absolute atomic E-state index is 0.0894. The van der Waals surface area contributed by atoms with E-state index in [9.17, 15) is 4.79 Å². The lowest BCUT2D eigenvalue weighted by Gasteiger charge is -2.33. The number of rotatable bonds is 4. The van der Waals surface area contributed by atoms with Crippen LogP contribution in [0.15, 0.2) is 24.5 Å². The number of carbonyl (C=O) groups is 1. The molecule has 1 N–H and O–H groups in total. The Balaban J connectivity index is 1.61. The van der Waals surface area contributed by atoms with Gasteiger partial charge in [-0.2, -0.15) is 5.10 Å². The van der Waals surface area contributed by atoms with Gasteiger partial charge in [-0.05, 0) is 49.1 Å². The normalized spacial score (nSPS) is 20.9. The van der Waals surface area contributed by atoms with Crippen LogP contribution in [0.2, 0.25) is 0 Å². The SMILES string of the molecule is CCN1CCNC(=O)C1Cc1ncnn1-c1ccc2c(c1)CCC2. The Hall–Kier alpha value is -2.21. The summed E-state index contributed by atoms with van der Waals surface area (Å²) in [5, 5.41) is 7.37. The van der Waals surface area contributed by atoms with E-state index in [4.69, 9.17) is 0 Å². The van der Waals surface area contributed by atoms with Crippen molar-refractivity contribution in [2.45, 2.75) is 38.6 Å². The number of benzene rings is 1. The number of aromatic nitrogens is 3. The first-order chi connectivity index (χ1) is 11.8. The van der Waals surface area contributed by atoms with Crippen molar-refractivity contribution in [2.75, 3.05) is 19.6 Å². The third-order valence-corrected chi connectivity index (χ3v) is 5.17. The average Bonchev–Trinajstić information content (AvgIpc) is 3.24. The fourth-order valence-corrected chi connectivity index (χ4v) is 3.85. The van der Waals surface area contributed by atoms with Gasteiger partial charge in [-0.3, -0.25) is 9.69 Å². The number of nitrogens with one attached hydrogen (secondary N) is 1. The second-order valence-electron chi connectivity index (χ2n) is 6.53. The summed E-state index contributed by atoms with van der Waals surface area (Å²) >= 11 is 0. The molecular formula is C18H23N5O. The number of hydrogen-bond donors (Lipinski definition) is 1. The van der Waals surface area contributed by atoms with Crippen molar-refractivity contribution in [1.82, 2.24) is 25.0 Å². The number of aryl methyl sites for hydroxylation is 2. The second kappa shape index (κ2) is 6.36. The zero-order chi connectivity index (χ0) is 16.5. The van der Waals surface area contributed by atoms with E-state index in [2.05, 4.69) is 45.4 Å². The Labute approximate surface area is 141 Å². The molecule has 126 valence electrons. The highest BCUT2D eigenvalue weighted by atomic mass is 16.2. The van der Waals surface area contributed by atoms with Crippen molar-refractivity contribution in [3.05, 3.63) is 41.5 Å². The van der Waals surface area contributed by atoms with Crippen LogP contribution in [0.4, 0.5) is 0 Å². The van der Waals surface area contributed by atoms with Gasteiger partial charge < -0.3 is 5.32 Å². The topological polar surface area (TPSA) is 63.1 Å². The maximum atomic E-state index is 12.3.